The average molecular weight is 296 g/mol. The van der Waals surface area contributed by atoms with Gasteiger partial charge in [0.05, 0.1) is 13.2 Å². The Morgan fingerprint density at radius 1 is 1.19 bits per heavy atom. The molecule has 1 aromatic rings. The molecule has 0 aliphatic rings. The van der Waals surface area contributed by atoms with Crippen LogP contribution in [0.4, 0.5) is 0 Å². The van der Waals surface area contributed by atoms with Crippen LogP contribution >= 0.6 is 0 Å². The zero-order valence-electron chi connectivity index (χ0n) is 12.5. The van der Waals surface area contributed by atoms with Crippen molar-refractivity contribution >= 4 is 5.91 Å². The van der Waals surface area contributed by atoms with Gasteiger partial charge in [0.25, 0.3) is 5.91 Å². The van der Waals surface area contributed by atoms with Gasteiger partial charge in [0.1, 0.15) is 5.75 Å². The van der Waals surface area contributed by atoms with Crippen molar-refractivity contribution in [1.29, 1.82) is 0 Å². The van der Waals surface area contributed by atoms with Crippen LogP contribution in [0.2, 0.25) is 0 Å². The molecule has 0 fully saturated rings. The number of carbonyl (C=O) groups is 1. The number of carbonyl (C=O) groups excluding carboxylic acids is 1. The van der Waals surface area contributed by atoms with E-state index in [0.717, 1.165) is 12.0 Å². The fourth-order valence-corrected chi connectivity index (χ4v) is 1.57. The smallest absolute Gasteiger partial charge is 0.257 e. The summed E-state index contributed by atoms with van der Waals surface area (Å²) < 4.78 is 15.5. The summed E-state index contributed by atoms with van der Waals surface area (Å²) in [4.78, 5) is 11.6. The molecule has 6 heteroatoms. The highest BCUT2D eigenvalue weighted by Crippen LogP contribution is 2.11. The van der Waals surface area contributed by atoms with E-state index < -0.39 is 0 Å². The Kier molecular flexibility index (Phi) is 9.19. The van der Waals surface area contributed by atoms with E-state index in [4.69, 9.17) is 19.9 Å². The third-order valence-corrected chi connectivity index (χ3v) is 2.75. The summed E-state index contributed by atoms with van der Waals surface area (Å²) in [5, 5.41) is 2.77. The second kappa shape index (κ2) is 11.1. The molecule has 0 spiro atoms. The summed E-state index contributed by atoms with van der Waals surface area (Å²) in [6, 6.07) is 7.37. The van der Waals surface area contributed by atoms with Crippen molar-refractivity contribution < 1.29 is 19.0 Å². The van der Waals surface area contributed by atoms with Gasteiger partial charge in [0, 0.05) is 26.8 Å². The van der Waals surface area contributed by atoms with Crippen LogP contribution in [0.25, 0.3) is 0 Å². The van der Waals surface area contributed by atoms with Gasteiger partial charge in [0.2, 0.25) is 0 Å². The van der Waals surface area contributed by atoms with Gasteiger partial charge in [-0.05, 0) is 24.1 Å². The van der Waals surface area contributed by atoms with E-state index in [0.29, 0.717) is 38.7 Å². The largest absolute Gasteiger partial charge is 0.484 e. The Bertz CT molecular complexity index is 395. The van der Waals surface area contributed by atoms with Crippen molar-refractivity contribution in [3.05, 3.63) is 29.8 Å². The molecule has 6 nitrogen and oxygen atoms in total. The van der Waals surface area contributed by atoms with Crippen molar-refractivity contribution in [1.82, 2.24) is 5.32 Å². The van der Waals surface area contributed by atoms with Crippen molar-refractivity contribution in [3.8, 4) is 5.75 Å². The minimum atomic E-state index is -0.144. The molecule has 1 rings (SSSR count). The van der Waals surface area contributed by atoms with Crippen LogP contribution in [0.3, 0.4) is 0 Å². The molecule has 3 N–H and O–H groups in total. The van der Waals surface area contributed by atoms with Crippen molar-refractivity contribution in [2.75, 3.05) is 40.1 Å². The number of rotatable bonds is 11. The highest BCUT2D eigenvalue weighted by molar-refractivity contribution is 5.77. The minimum absolute atomic E-state index is 0.00645. The van der Waals surface area contributed by atoms with E-state index in [1.807, 2.05) is 12.1 Å². The molecule has 0 heterocycles. The Hall–Kier alpha value is -1.63. The number of methoxy groups -OCH3 is 1. The number of ether oxygens (including phenoxy) is 3. The van der Waals surface area contributed by atoms with Gasteiger partial charge in [-0.2, -0.15) is 0 Å². The van der Waals surface area contributed by atoms with E-state index in [1.165, 1.54) is 0 Å². The lowest BCUT2D eigenvalue weighted by Gasteiger charge is -2.08. The number of hydrogen-bond acceptors (Lipinski definition) is 5. The van der Waals surface area contributed by atoms with E-state index in [2.05, 4.69) is 5.32 Å². The predicted octanol–water partition coefficient (Wildman–Crippen LogP) is 0.693. The zero-order valence-corrected chi connectivity index (χ0v) is 12.5. The van der Waals surface area contributed by atoms with Gasteiger partial charge in [-0.15, -0.1) is 0 Å². The standard InChI is InChI=1S/C15H24N2O4/c1-19-9-10-20-8-2-7-17-15(18)12-21-14-5-3-13(11-16)4-6-14/h3-6H,2,7-12,16H2,1H3,(H,17,18). The molecule has 0 aliphatic carbocycles. The first-order chi connectivity index (χ1) is 10.3. The zero-order chi connectivity index (χ0) is 15.3. The maximum atomic E-state index is 11.6. The van der Waals surface area contributed by atoms with Gasteiger partial charge in [-0.1, -0.05) is 12.1 Å². The average Bonchev–Trinajstić information content (AvgIpc) is 2.52. The van der Waals surface area contributed by atoms with Crippen molar-refractivity contribution in [2.24, 2.45) is 5.73 Å². The summed E-state index contributed by atoms with van der Waals surface area (Å²) in [5.74, 6) is 0.514. The number of amides is 1. The molecule has 0 bridgehead atoms. The molecular formula is C15H24N2O4. The summed E-state index contributed by atoms with van der Waals surface area (Å²) >= 11 is 0. The molecule has 118 valence electrons. The highest BCUT2D eigenvalue weighted by Gasteiger charge is 2.02. The van der Waals surface area contributed by atoms with Crippen LogP contribution in [0, 0.1) is 0 Å². The Balaban J connectivity index is 2.05. The lowest BCUT2D eigenvalue weighted by atomic mass is 10.2. The summed E-state index contributed by atoms with van der Waals surface area (Å²) in [6.45, 7) is 2.83. The van der Waals surface area contributed by atoms with Crippen LogP contribution in [-0.2, 0) is 20.8 Å². The monoisotopic (exact) mass is 296 g/mol. The number of nitrogens with one attached hydrogen (secondary N) is 1. The summed E-state index contributed by atoms with van der Waals surface area (Å²) in [5.41, 5.74) is 6.53. The lowest BCUT2D eigenvalue weighted by molar-refractivity contribution is -0.123. The van der Waals surface area contributed by atoms with E-state index >= 15 is 0 Å². The molecule has 0 saturated carbocycles. The molecule has 0 aromatic heterocycles. The molecule has 0 atom stereocenters. The fraction of sp³-hybridized carbons (Fsp3) is 0.533. The van der Waals surface area contributed by atoms with Crippen LogP contribution < -0.4 is 15.8 Å². The Morgan fingerprint density at radius 3 is 2.62 bits per heavy atom. The second-order valence-electron chi connectivity index (χ2n) is 4.45. The molecule has 0 unspecified atom stereocenters. The molecule has 0 radical (unpaired) electrons. The van der Waals surface area contributed by atoms with E-state index in [1.54, 1.807) is 19.2 Å². The van der Waals surface area contributed by atoms with Crippen LogP contribution in [0.1, 0.15) is 12.0 Å². The number of hydrogen-bond donors (Lipinski definition) is 2. The molecule has 21 heavy (non-hydrogen) atoms. The van der Waals surface area contributed by atoms with Crippen molar-refractivity contribution in [2.45, 2.75) is 13.0 Å². The van der Waals surface area contributed by atoms with Gasteiger partial charge < -0.3 is 25.3 Å². The van der Waals surface area contributed by atoms with Gasteiger partial charge >= 0.3 is 0 Å². The third-order valence-electron chi connectivity index (χ3n) is 2.75. The van der Waals surface area contributed by atoms with E-state index in [9.17, 15) is 4.79 Å². The van der Waals surface area contributed by atoms with Crippen LogP contribution in [0.5, 0.6) is 5.75 Å². The first kappa shape index (κ1) is 17.4. The topological polar surface area (TPSA) is 82.8 Å². The third kappa shape index (κ3) is 8.29. The summed E-state index contributed by atoms with van der Waals surface area (Å²) in [6.07, 6.45) is 0.765. The van der Waals surface area contributed by atoms with Gasteiger partial charge in [-0.3, -0.25) is 4.79 Å². The highest BCUT2D eigenvalue weighted by atomic mass is 16.5. The summed E-state index contributed by atoms with van der Waals surface area (Å²) in [7, 11) is 1.63. The molecule has 0 aliphatic heterocycles. The number of benzene rings is 1. The van der Waals surface area contributed by atoms with Gasteiger partial charge in [0.15, 0.2) is 6.61 Å². The number of nitrogens with two attached hydrogens (primary N) is 1. The first-order valence-electron chi connectivity index (χ1n) is 7.01. The fourth-order valence-electron chi connectivity index (χ4n) is 1.57. The Labute approximate surface area is 125 Å². The predicted molar refractivity (Wildman–Crippen MR) is 80.2 cm³/mol. The molecule has 0 saturated heterocycles. The Morgan fingerprint density at radius 2 is 1.95 bits per heavy atom. The lowest BCUT2D eigenvalue weighted by Crippen LogP contribution is -2.30. The second-order valence-corrected chi connectivity index (χ2v) is 4.45. The maximum absolute atomic E-state index is 11.6. The van der Waals surface area contributed by atoms with Crippen LogP contribution in [0.15, 0.2) is 24.3 Å². The van der Waals surface area contributed by atoms with Crippen molar-refractivity contribution in [3.63, 3.8) is 0 Å². The maximum Gasteiger partial charge on any atom is 0.257 e. The SMILES string of the molecule is COCCOCCCNC(=O)COc1ccc(CN)cc1. The molecule has 1 aromatic carbocycles. The van der Waals surface area contributed by atoms with Crippen LogP contribution in [-0.4, -0.2) is 46.0 Å². The first-order valence-corrected chi connectivity index (χ1v) is 7.01. The minimum Gasteiger partial charge on any atom is -0.484 e. The van der Waals surface area contributed by atoms with Gasteiger partial charge in [-0.25, -0.2) is 0 Å². The molecular weight excluding hydrogens is 272 g/mol. The normalized spacial score (nSPS) is 10.4. The quantitative estimate of drug-likeness (QED) is 0.587. The van der Waals surface area contributed by atoms with E-state index in [-0.39, 0.29) is 12.5 Å². The molecule has 1 amide bonds.